The van der Waals surface area contributed by atoms with Gasteiger partial charge >= 0.3 is 6.29 Å². The summed E-state index contributed by atoms with van der Waals surface area (Å²) in [5.74, 6) is -0.734. The van der Waals surface area contributed by atoms with Gasteiger partial charge in [0.1, 0.15) is 5.75 Å². The molecule has 1 heterocycles. The number of hydrogen-bond acceptors (Lipinski definition) is 4. The molecule has 0 aliphatic carbocycles. The Morgan fingerprint density at radius 1 is 1.00 bits per heavy atom. The zero-order chi connectivity index (χ0) is 19.7. The van der Waals surface area contributed by atoms with E-state index in [0.717, 1.165) is 16.3 Å². The van der Waals surface area contributed by atoms with E-state index in [9.17, 15) is 17.8 Å². The highest BCUT2D eigenvalue weighted by Gasteiger charge is 2.43. The van der Waals surface area contributed by atoms with E-state index >= 15 is 0 Å². The van der Waals surface area contributed by atoms with E-state index in [1.54, 1.807) is 0 Å². The fourth-order valence-electron chi connectivity index (χ4n) is 3.01. The maximum Gasteiger partial charge on any atom is 0.586 e. The van der Waals surface area contributed by atoms with Crippen LogP contribution in [0, 0.1) is 0 Å². The molecular formula is C20H15F2NO4S. The van der Waals surface area contributed by atoms with Crippen LogP contribution in [0.5, 0.6) is 11.5 Å². The molecule has 0 saturated carbocycles. The molecule has 5 nitrogen and oxygen atoms in total. The minimum atomic E-state index is -3.72. The summed E-state index contributed by atoms with van der Waals surface area (Å²) in [6.07, 6.45) is -3.72. The van der Waals surface area contributed by atoms with Gasteiger partial charge in [0, 0.05) is 28.3 Å². The van der Waals surface area contributed by atoms with Crippen LogP contribution in [0.3, 0.4) is 0 Å². The smallest absolute Gasteiger partial charge is 0.395 e. The second-order valence-electron chi connectivity index (χ2n) is 6.24. The Labute approximate surface area is 161 Å². The van der Waals surface area contributed by atoms with Gasteiger partial charge in [-0.05, 0) is 28.5 Å². The van der Waals surface area contributed by atoms with Crippen molar-refractivity contribution in [2.75, 3.05) is 11.1 Å². The van der Waals surface area contributed by atoms with E-state index in [-0.39, 0.29) is 28.7 Å². The van der Waals surface area contributed by atoms with Crippen LogP contribution in [-0.2, 0) is 21.3 Å². The Morgan fingerprint density at radius 3 is 2.61 bits per heavy atom. The Bertz CT molecular complexity index is 1080. The minimum Gasteiger partial charge on any atom is -0.395 e. The second-order valence-corrected chi connectivity index (χ2v) is 7.70. The molecule has 3 aromatic rings. The number of ether oxygens (including phenoxy) is 2. The summed E-state index contributed by atoms with van der Waals surface area (Å²) in [4.78, 5) is 12.2. The number of benzene rings is 3. The fourth-order valence-corrected chi connectivity index (χ4v) is 4.08. The van der Waals surface area contributed by atoms with Crippen LogP contribution < -0.4 is 14.8 Å². The summed E-state index contributed by atoms with van der Waals surface area (Å²) in [7, 11) is -1.43. The highest BCUT2D eigenvalue weighted by molar-refractivity contribution is 7.85. The SMILES string of the molecule is O=C(CS(=O)Cc1cccc2ccccc12)Nc1ccc2c(c1)OC(F)(F)O2. The van der Waals surface area contributed by atoms with E-state index in [1.165, 1.54) is 18.2 Å². The lowest BCUT2D eigenvalue weighted by molar-refractivity contribution is -0.286. The Balaban J connectivity index is 1.40. The zero-order valence-corrected chi connectivity index (χ0v) is 15.3. The van der Waals surface area contributed by atoms with Crippen LogP contribution in [0.4, 0.5) is 14.5 Å². The zero-order valence-electron chi connectivity index (χ0n) is 14.5. The summed E-state index contributed by atoms with van der Waals surface area (Å²) in [6.45, 7) is 0. The van der Waals surface area contributed by atoms with Crippen LogP contribution in [0.1, 0.15) is 5.56 Å². The third-order valence-corrected chi connectivity index (χ3v) is 5.39. The first-order chi connectivity index (χ1) is 13.4. The van der Waals surface area contributed by atoms with Gasteiger partial charge in [-0.25, -0.2) is 0 Å². The summed E-state index contributed by atoms with van der Waals surface area (Å²) in [5, 5.41) is 4.58. The number of fused-ring (bicyclic) bond motifs is 2. The van der Waals surface area contributed by atoms with Gasteiger partial charge in [0.25, 0.3) is 0 Å². The molecule has 144 valence electrons. The quantitative estimate of drug-likeness (QED) is 0.698. The highest BCUT2D eigenvalue weighted by Crippen LogP contribution is 2.42. The van der Waals surface area contributed by atoms with Crippen molar-refractivity contribution in [1.29, 1.82) is 0 Å². The topological polar surface area (TPSA) is 64.6 Å². The Morgan fingerprint density at radius 2 is 1.75 bits per heavy atom. The van der Waals surface area contributed by atoms with E-state index in [0.29, 0.717) is 0 Å². The van der Waals surface area contributed by atoms with Gasteiger partial charge < -0.3 is 14.8 Å². The maximum absolute atomic E-state index is 13.0. The number of rotatable bonds is 5. The monoisotopic (exact) mass is 403 g/mol. The van der Waals surface area contributed by atoms with E-state index in [4.69, 9.17) is 0 Å². The van der Waals surface area contributed by atoms with Crippen LogP contribution in [0.2, 0.25) is 0 Å². The molecule has 1 aliphatic heterocycles. The first-order valence-electron chi connectivity index (χ1n) is 8.41. The summed E-state index contributed by atoms with van der Waals surface area (Å²) in [6, 6.07) is 17.4. The standard InChI is InChI=1S/C20H15F2NO4S/c21-20(22)26-17-9-8-15(10-18(17)27-20)23-19(24)12-28(25)11-14-6-3-5-13-4-1-2-7-16(13)14/h1-10H,11-12H2,(H,23,24). The van der Waals surface area contributed by atoms with Crippen LogP contribution in [0.25, 0.3) is 10.8 Å². The molecule has 1 N–H and O–H groups in total. The number of alkyl halides is 2. The van der Waals surface area contributed by atoms with Gasteiger partial charge in [-0.3, -0.25) is 9.00 Å². The molecule has 4 rings (SSSR count). The summed E-state index contributed by atoms with van der Waals surface area (Å²) >= 11 is 0. The maximum atomic E-state index is 13.0. The molecule has 0 saturated heterocycles. The predicted molar refractivity (Wildman–Crippen MR) is 102 cm³/mol. The van der Waals surface area contributed by atoms with Crippen molar-refractivity contribution in [2.45, 2.75) is 12.0 Å². The molecule has 0 fully saturated rings. The van der Waals surface area contributed by atoms with Crippen molar-refractivity contribution < 1.29 is 27.3 Å². The third-order valence-electron chi connectivity index (χ3n) is 4.17. The lowest BCUT2D eigenvalue weighted by Crippen LogP contribution is -2.25. The van der Waals surface area contributed by atoms with E-state index < -0.39 is 23.0 Å². The first-order valence-corrected chi connectivity index (χ1v) is 9.90. The van der Waals surface area contributed by atoms with Gasteiger partial charge in [0.05, 0.1) is 0 Å². The lowest BCUT2D eigenvalue weighted by Gasteiger charge is -2.08. The second kappa shape index (κ2) is 7.20. The number of nitrogens with one attached hydrogen (secondary N) is 1. The van der Waals surface area contributed by atoms with Crippen molar-refractivity contribution in [2.24, 2.45) is 0 Å². The van der Waals surface area contributed by atoms with Crippen molar-refractivity contribution in [3.05, 3.63) is 66.2 Å². The van der Waals surface area contributed by atoms with E-state index in [2.05, 4.69) is 14.8 Å². The summed E-state index contributed by atoms with van der Waals surface area (Å²) in [5.41, 5.74) is 1.15. The molecule has 28 heavy (non-hydrogen) atoms. The lowest BCUT2D eigenvalue weighted by atomic mass is 10.1. The highest BCUT2D eigenvalue weighted by atomic mass is 32.2. The molecule has 8 heteroatoms. The number of anilines is 1. The number of hydrogen-bond donors (Lipinski definition) is 1. The third kappa shape index (κ3) is 3.96. The van der Waals surface area contributed by atoms with Gasteiger partial charge in [0.2, 0.25) is 5.91 Å². The van der Waals surface area contributed by atoms with Crippen LogP contribution >= 0.6 is 0 Å². The van der Waals surface area contributed by atoms with Gasteiger partial charge in [-0.15, -0.1) is 8.78 Å². The molecule has 0 spiro atoms. The average molecular weight is 403 g/mol. The number of carbonyl (C=O) groups excluding carboxylic acids is 1. The van der Waals surface area contributed by atoms with Crippen molar-refractivity contribution in [3.63, 3.8) is 0 Å². The minimum absolute atomic E-state index is 0.109. The Kier molecular flexibility index (Phi) is 4.72. The average Bonchev–Trinajstić information content (AvgIpc) is 2.95. The molecular weight excluding hydrogens is 388 g/mol. The van der Waals surface area contributed by atoms with Gasteiger partial charge in [-0.2, -0.15) is 0 Å². The van der Waals surface area contributed by atoms with Crippen molar-refractivity contribution in [3.8, 4) is 11.5 Å². The number of carbonyl (C=O) groups is 1. The first kappa shape index (κ1) is 18.4. The molecule has 0 radical (unpaired) electrons. The fraction of sp³-hybridized carbons (Fsp3) is 0.150. The Hall–Kier alpha value is -3.00. The summed E-state index contributed by atoms with van der Waals surface area (Å²) < 4.78 is 47.2. The molecule has 1 amide bonds. The predicted octanol–water partition coefficient (Wildman–Crippen LogP) is 4.05. The molecule has 0 bridgehead atoms. The van der Waals surface area contributed by atoms with Crippen molar-refractivity contribution in [1.82, 2.24) is 0 Å². The molecule has 3 aromatic carbocycles. The van der Waals surface area contributed by atoms with Crippen LogP contribution in [-0.4, -0.2) is 22.2 Å². The number of halogens is 2. The van der Waals surface area contributed by atoms with E-state index in [1.807, 2.05) is 42.5 Å². The normalized spacial score (nSPS) is 15.4. The van der Waals surface area contributed by atoms with Crippen LogP contribution in [0.15, 0.2) is 60.7 Å². The molecule has 1 atom stereocenters. The molecule has 0 aromatic heterocycles. The van der Waals surface area contributed by atoms with Crippen molar-refractivity contribution >= 4 is 33.2 Å². The van der Waals surface area contributed by atoms with Gasteiger partial charge in [-0.1, -0.05) is 42.5 Å². The largest absolute Gasteiger partial charge is 0.586 e. The van der Waals surface area contributed by atoms with Gasteiger partial charge in [0.15, 0.2) is 11.5 Å². The molecule has 1 aliphatic rings. The molecule has 1 unspecified atom stereocenters. The number of amides is 1.